The SMILES string of the molecule is O=C1[C@H]2[C@H](C(=O)N1CCNc1cccc(F)c1[N+](=O)[O-])[C@H]1C=C[C@H]2C1. The number of benzene rings is 1. The van der Waals surface area contributed by atoms with Crippen molar-refractivity contribution in [1.82, 2.24) is 4.90 Å². The van der Waals surface area contributed by atoms with Gasteiger partial charge in [-0.2, -0.15) is 4.39 Å². The molecule has 4 atom stereocenters. The highest BCUT2D eigenvalue weighted by Gasteiger charge is 2.58. The lowest BCUT2D eigenvalue weighted by molar-refractivity contribution is -0.386. The quantitative estimate of drug-likeness (QED) is 0.381. The lowest BCUT2D eigenvalue weighted by Crippen LogP contribution is -2.36. The summed E-state index contributed by atoms with van der Waals surface area (Å²) in [5, 5.41) is 13.7. The first-order valence-electron chi connectivity index (χ1n) is 8.19. The van der Waals surface area contributed by atoms with Crippen LogP contribution in [0, 0.1) is 39.6 Å². The van der Waals surface area contributed by atoms with E-state index >= 15 is 0 Å². The third-order valence-electron chi connectivity index (χ3n) is 5.38. The van der Waals surface area contributed by atoms with Gasteiger partial charge in [0.1, 0.15) is 5.69 Å². The first kappa shape index (κ1) is 15.7. The van der Waals surface area contributed by atoms with E-state index in [4.69, 9.17) is 0 Å². The fourth-order valence-corrected chi connectivity index (χ4v) is 4.33. The predicted molar refractivity (Wildman–Crippen MR) is 86.0 cm³/mol. The molecule has 2 fully saturated rings. The van der Waals surface area contributed by atoms with E-state index in [1.54, 1.807) is 0 Å². The molecule has 3 aliphatic rings. The second kappa shape index (κ2) is 5.65. The van der Waals surface area contributed by atoms with Gasteiger partial charge in [-0.1, -0.05) is 18.2 Å². The summed E-state index contributed by atoms with van der Waals surface area (Å²) in [5.74, 6) is -1.48. The van der Waals surface area contributed by atoms with Gasteiger partial charge in [0.15, 0.2) is 0 Å². The molecule has 1 aromatic rings. The summed E-state index contributed by atoms with van der Waals surface area (Å²) in [4.78, 5) is 36.5. The largest absolute Gasteiger partial charge is 0.378 e. The van der Waals surface area contributed by atoms with Crippen LogP contribution in [-0.4, -0.2) is 34.7 Å². The first-order chi connectivity index (χ1) is 12.0. The lowest BCUT2D eigenvalue weighted by Gasteiger charge is -2.17. The Balaban J connectivity index is 1.44. The molecule has 7 nitrogen and oxygen atoms in total. The second-order valence-corrected chi connectivity index (χ2v) is 6.65. The van der Waals surface area contributed by atoms with Crippen LogP contribution in [0.3, 0.4) is 0 Å². The first-order valence-corrected chi connectivity index (χ1v) is 8.19. The third-order valence-corrected chi connectivity index (χ3v) is 5.38. The van der Waals surface area contributed by atoms with Crippen LogP contribution in [0.2, 0.25) is 0 Å². The van der Waals surface area contributed by atoms with E-state index < -0.39 is 16.4 Å². The van der Waals surface area contributed by atoms with Gasteiger partial charge in [0, 0.05) is 13.1 Å². The molecule has 2 amide bonds. The summed E-state index contributed by atoms with van der Waals surface area (Å²) in [5.41, 5.74) is -0.605. The Labute approximate surface area is 142 Å². The minimum atomic E-state index is -0.930. The number of nitrogens with zero attached hydrogens (tertiary/aromatic N) is 2. The van der Waals surface area contributed by atoms with Crippen molar-refractivity contribution in [2.45, 2.75) is 6.42 Å². The second-order valence-electron chi connectivity index (χ2n) is 6.65. The van der Waals surface area contributed by atoms with Gasteiger partial charge < -0.3 is 5.32 Å². The number of nitro groups is 1. The van der Waals surface area contributed by atoms with E-state index in [2.05, 4.69) is 5.32 Å². The van der Waals surface area contributed by atoms with E-state index in [9.17, 15) is 24.1 Å². The molecular formula is C17H16FN3O4. The van der Waals surface area contributed by atoms with E-state index in [1.807, 2.05) is 12.2 Å². The molecule has 8 heteroatoms. The van der Waals surface area contributed by atoms with Crippen LogP contribution in [0.4, 0.5) is 15.8 Å². The van der Waals surface area contributed by atoms with Crippen molar-refractivity contribution < 1.29 is 18.9 Å². The van der Waals surface area contributed by atoms with Crippen molar-refractivity contribution in [3.05, 3.63) is 46.3 Å². The number of hydrogen-bond acceptors (Lipinski definition) is 5. The molecule has 1 aromatic carbocycles. The Morgan fingerprint density at radius 2 is 1.84 bits per heavy atom. The molecule has 25 heavy (non-hydrogen) atoms. The van der Waals surface area contributed by atoms with Crippen LogP contribution >= 0.6 is 0 Å². The van der Waals surface area contributed by atoms with Gasteiger partial charge in [0.2, 0.25) is 17.6 Å². The number of nitrogens with one attached hydrogen (secondary N) is 1. The van der Waals surface area contributed by atoms with E-state index in [0.717, 1.165) is 12.5 Å². The normalized spacial score (nSPS) is 29.4. The monoisotopic (exact) mass is 345 g/mol. The molecule has 1 heterocycles. The smallest absolute Gasteiger partial charge is 0.327 e. The fraction of sp³-hybridized carbons (Fsp3) is 0.412. The van der Waals surface area contributed by atoms with Gasteiger partial charge in [-0.3, -0.25) is 24.6 Å². The number of carbonyl (C=O) groups excluding carboxylic acids is 2. The van der Waals surface area contributed by atoms with Crippen LogP contribution in [0.25, 0.3) is 0 Å². The standard InChI is InChI=1S/C17H16FN3O4/c18-11-2-1-3-12(15(11)21(24)25)19-6-7-20-16(22)13-9-4-5-10(8-9)14(13)17(20)23/h1-5,9-10,13-14,19H,6-8H2/t9-,10-,13+,14+/m0/s1. The molecule has 1 aliphatic heterocycles. The molecule has 0 radical (unpaired) electrons. The summed E-state index contributed by atoms with van der Waals surface area (Å²) >= 11 is 0. The van der Waals surface area contributed by atoms with Gasteiger partial charge in [-0.25, -0.2) is 0 Å². The number of fused-ring (bicyclic) bond motifs is 5. The zero-order valence-corrected chi connectivity index (χ0v) is 13.2. The van der Waals surface area contributed by atoms with Gasteiger partial charge in [-0.15, -0.1) is 0 Å². The van der Waals surface area contributed by atoms with Crippen LogP contribution in [0.5, 0.6) is 0 Å². The third kappa shape index (κ3) is 2.32. The average Bonchev–Trinajstić information content (AvgIpc) is 3.23. The number of allylic oxidation sites excluding steroid dienone is 2. The minimum Gasteiger partial charge on any atom is -0.378 e. The van der Waals surface area contributed by atoms with Crippen molar-refractivity contribution in [3.8, 4) is 0 Å². The molecule has 0 aromatic heterocycles. The summed E-state index contributed by atoms with van der Waals surface area (Å²) < 4.78 is 13.6. The molecule has 1 N–H and O–H groups in total. The molecular weight excluding hydrogens is 329 g/mol. The van der Waals surface area contributed by atoms with Crippen molar-refractivity contribution in [2.24, 2.45) is 23.7 Å². The van der Waals surface area contributed by atoms with Gasteiger partial charge >= 0.3 is 5.69 Å². The molecule has 2 bridgehead atoms. The summed E-state index contributed by atoms with van der Waals surface area (Å²) in [6.45, 7) is 0.238. The van der Waals surface area contributed by atoms with Crippen LogP contribution in [0.15, 0.2) is 30.4 Å². The number of imide groups is 1. The zero-order valence-electron chi connectivity index (χ0n) is 13.2. The predicted octanol–water partition coefficient (Wildman–Crippen LogP) is 1.95. The summed E-state index contributed by atoms with van der Waals surface area (Å²) in [6.07, 6.45) is 4.91. The summed E-state index contributed by atoms with van der Waals surface area (Å²) in [7, 11) is 0. The Bertz CT molecular complexity index is 779. The van der Waals surface area contributed by atoms with Gasteiger partial charge in [0.25, 0.3) is 0 Å². The maximum Gasteiger partial charge on any atom is 0.327 e. The number of likely N-dealkylation sites (tertiary alicyclic amines) is 1. The van der Waals surface area contributed by atoms with Gasteiger partial charge in [0.05, 0.1) is 16.8 Å². The molecule has 2 aliphatic carbocycles. The molecule has 4 rings (SSSR count). The van der Waals surface area contributed by atoms with Crippen molar-refractivity contribution in [3.63, 3.8) is 0 Å². The molecule has 1 saturated heterocycles. The fourth-order valence-electron chi connectivity index (χ4n) is 4.33. The number of halogens is 1. The molecule has 0 unspecified atom stereocenters. The van der Waals surface area contributed by atoms with Crippen molar-refractivity contribution >= 4 is 23.2 Å². The summed E-state index contributed by atoms with van der Waals surface area (Å²) in [6, 6.07) is 3.78. The Morgan fingerprint density at radius 3 is 2.44 bits per heavy atom. The molecule has 0 spiro atoms. The lowest BCUT2D eigenvalue weighted by atomic mass is 9.85. The van der Waals surface area contributed by atoms with Crippen LogP contribution in [0.1, 0.15) is 6.42 Å². The molecule has 130 valence electrons. The number of rotatable bonds is 5. The van der Waals surface area contributed by atoms with Crippen molar-refractivity contribution in [2.75, 3.05) is 18.4 Å². The number of hydrogen-bond donors (Lipinski definition) is 1. The van der Waals surface area contributed by atoms with Crippen molar-refractivity contribution in [1.29, 1.82) is 0 Å². The number of anilines is 1. The maximum atomic E-state index is 13.6. The number of nitro benzene ring substituents is 1. The van der Waals surface area contributed by atoms with Crippen LogP contribution < -0.4 is 5.32 Å². The topological polar surface area (TPSA) is 92.6 Å². The van der Waals surface area contributed by atoms with E-state index in [0.29, 0.717) is 0 Å². The zero-order chi connectivity index (χ0) is 17.7. The highest BCUT2D eigenvalue weighted by molar-refractivity contribution is 6.06. The Hall–Kier alpha value is -2.77. The highest BCUT2D eigenvalue weighted by atomic mass is 19.1. The average molecular weight is 345 g/mol. The number of para-hydroxylation sites is 1. The Morgan fingerprint density at radius 1 is 1.20 bits per heavy atom. The Kier molecular flexibility index (Phi) is 3.55. The minimum absolute atomic E-state index is 0.0334. The number of carbonyl (C=O) groups is 2. The number of amides is 2. The molecule has 1 saturated carbocycles. The van der Waals surface area contributed by atoms with E-state index in [1.165, 1.54) is 17.0 Å². The van der Waals surface area contributed by atoms with Gasteiger partial charge in [-0.05, 0) is 30.4 Å². The maximum absolute atomic E-state index is 13.6. The highest BCUT2D eigenvalue weighted by Crippen LogP contribution is 2.52. The van der Waals surface area contributed by atoms with Crippen LogP contribution in [-0.2, 0) is 9.59 Å². The van der Waals surface area contributed by atoms with E-state index in [-0.39, 0.29) is 54.3 Å².